The molecule has 15 heteroatoms. The highest BCUT2D eigenvalue weighted by Crippen LogP contribution is 2.35. The largest absolute Gasteiger partial charge is 0.534 e. The van der Waals surface area contributed by atoms with Crippen LogP contribution in [-0.2, 0) is 21.4 Å². The van der Waals surface area contributed by atoms with E-state index in [4.69, 9.17) is 0 Å². The zero-order valence-electron chi connectivity index (χ0n) is 19.3. The summed E-state index contributed by atoms with van der Waals surface area (Å²) in [5, 5.41) is 4.79. The van der Waals surface area contributed by atoms with Gasteiger partial charge in [0.2, 0.25) is 0 Å². The maximum absolute atomic E-state index is 13.1. The second-order valence-electron chi connectivity index (χ2n) is 7.78. The number of para-hydroxylation sites is 1. The summed E-state index contributed by atoms with van der Waals surface area (Å²) in [5.41, 5.74) is -4.87. The van der Waals surface area contributed by atoms with Gasteiger partial charge >= 0.3 is 27.8 Å². The second kappa shape index (κ2) is 11.0. The summed E-state index contributed by atoms with van der Waals surface area (Å²) in [6.45, 7) is 3.04. The van der Waals surface area contributed by atoms with Crippen LogP contribution in [0, 0.1) is 6.92 Å². The van der Waals surface area contributed by atoms with E-state index in [0.29, 0.717) is 37.6 Å². The van der Waals surface area contributed by atoms with Crippen molar-refractivity contribution < 1.29 is 40.1 Å². The number of nitrogens with zero attached hydrogens (tertiary/aromatic N) is 3. The van der Waals surface area contributed by atoms with Crippen LogP contribution in [0.5, 0.6) is 5.75 Å². The molecule has 1 aromatic heterocycles. The van der Waals surface area contributed by atoms with Gasteiger partial charge in [-0.3, -0.25) is 9.88 Å². The van der Waals surface area contributed by atoms with Crippen LogP contribution in [0.25, 0.3) is 0 Å². The van der Waals surface area contributed by atoms with E-state index >= 15 is 0 Å². The average molecular weight is 532 g/mol. The molecule has 1 saturated heterocycles. The quantitative estimate of drug-likeness (QED) is 0.430. The number of piperazine rings is 1. The maximum Gasteiger partial charge on any atom is 0.534 e. The van der Waals surface area contributed by atoms with Crippen molar-refractivity contribution in [2.24, 2.45) is 0 Å². The first-order valence-corrected chi connectivity index (χ1v) is 12.0. The molecule has 2 heterocycles. The number of hydrogen-bond donors (Lipinski definition) is 2. The minimum atomic E-state index is -6.03. The molecule has 0 saturated carbocycles. The summed E-state index contributed by atoms with van der Waals surface area (Å²) in [4.78, 5) is 31.4. The molecule has 0 radical (unpaired) electrons. The van der Waals surface area contributed by atoms with Gasteiger partial charge in [0.1, 0.15) is 0 Å². The first-order valence-electron chi connectivity index (χ1n) is 10.6. The molecule has 0 aliphatic carbocycles. The molecule has 0 spiro atoms. The number of hydrogen-bond acceptors (Lipinski definition) is 8. The monoisotopic (exact) mass is 531 g/mol. The lowest BCUT2D eigenvalue weighted by molar-refractivity contribution is -0.0500. The molecule has 0 unspecified atom stereocenters. The molecule has 3 amide bonds. The highest BCUT2D eigenvalue weighted by molar-refractivity contribution is 7.88. The standard InChI is InChI=1S/C21H24F3N5O6S/c1-14-6-7-16(12-25-14)26-19(30)27-17-5-3-4-15(18(17)35-36(32,33)21(22,23)24)13-28-8-10-29(11-9-28)20(31)34-2/h3-7,12H,8-11,13H2,1-2H3,(H2,26,27,30). The third-order valence-electron chi connectivity index (χ3n) is 5.19. The van der Waals surface area contributed by atoms with Crippen LogP contribution >= 0.6 is 0 Å². The van der Waals surface area contributed by atoms with E-state index in [-0.39, 0.29) is 17.8 Å². The van der Waals surface area contributed by atoms with Crippen molar-refractivity contribution in [3.8, 4) is 5.75 Å². The van der Waals surface area contributed by atoms with Crippen LogP contribution in [0.1, 0.15) is 11.3 Å². The van der Waals surface area contributed by atoms with Crippen LogP contribution in [0.3, 0.4) is 0 Å². The van der Waals surface area contributed by atoms with E-state index in [9.17, 15) is 31.2 Å². The summed E-state index contributed by atoms with van der Waals surface area (Å²) < 4.78 is 72.1. The predicted molar refractivity (Wildman–Crippen MR) is 123 cm³/mol. The topological polar surface area (TPSA) is 130 Å². The number of aryl methyl sites for hydroxylation is 1. The highest BCUT2D eigenvalue weighted by atomic mass is 32.2. The van der Waals surface area contributed by atoms with Gasteiger partial charge in [-0.05, 0) is 25.1 Å². The molecule has 2 N–H and O–H groups in total. The first kappa shape index (κ1) is 27.0. The lowest BCUT2D eigenvalue weighted by Crippen LogP contribution is -2.48. The summed E-state index contributed by atoms with van der Waals surface area (Å²) in [6.07, 6.45) is 0.876. The van der Waals surface area contributed by atoms with Gasteiger partial charge in [-0.15, -0.1) is 0 Å². The normalized spacial score (nSPS) is 14.8. The number of carbonyl (C=O) groups is 2. The molecule has 11 nitrogen and oxygen atoms in total. The number of methoxy groups -OCH3 is 1. The summed E-state index contributed by atoms with van der Waals surface area (Å²) >= 11 is 0. The molecule has 0 bridgehead atoms. The number of ether oxygens (including phenoxy) is 1. The molecule has 2 aromatic rings. The molecule has 3 rings (SSSR count). The number of carbonyl (C=O) groups excluding carboxylic acids is 2. The van der Waals surface area contributed by atoms with Gasteiger partial charge < -0.3 is 24.5 Å². The average Bonchev–Trinajstić information content (AvgIpc) is 2.81. The van der Waals surface area contributed by atoms with E-state index in [1.807, 2.05) is 0 Å². The Hall–Kier alpha value is -3.59. The zero-order chi connectivity index (χ0) is 26.5. The maximum atomic E-state index is 13.1. The molecule has 196 valence electrons. The minimum absolute atomic E-state index is 0.00323. The number of benzene rings is 1. The number of anilines is 2. The molecular formula is C21H24F3N5O6S. The fourth-order valence-electron chi connectivity index (χ4n) is 3.35. The van der Waals surface area contributed by atoms with Crippen molar-refractivity contribution in [3.63, 3.8) is 0 Å². The predicted octanol–water partition coefficient (Wildman–Crippen LogP) is 3.15. The van der Waals surface area contributed by atoms with Gasteiger partial charge in [-0.1, -0.05) is 12.1 Å². The molecular weight excluding hydrogens is 507 g/mol. The summed E-state index contributed by atoms with van der Waals surface area (Å²) in [6, 6.07) is 6.40. The Labute approximate surface area is 205 Å². The third kappa shape index (κ3) is 6.75. The number of pyridine rings is 1. The van der Waals surface area contributed by atoms with E-state index in [1.54, 1.807) is 24.0 Å². The summed E-state index contributed by atoms with van der Waals surface area (Å²) in [7, 11) is -4.78. The van der Waals surface area contributed by atoms with E-state index in [1.165, 1.54) is 36.4 Å². The Kier molecular flexibility index (Phi) is 8.24. The smallest absolute Gasteiger partial charge is 0.453 e. The number of aromatic nitrogens is 1. The number of amides is 3. The molecule has 1 fully saturated rings. The van der Waals surface area contributed by atoms with Crippen LogP contribution in [0.2, 0.25) is 0 Å². The van der Waals surface area contributed by atoms with Crippen molar-refractivity contribution in [2.45, 2.75) is 19.0 Å². The van der Waals surface area contributed by atoms with Gasteiger partial charge in [0.15, 0.2) is 5.75 Å². The Balaban J connectivity index is 1.84. The van der Waals surface area contributed by atoms with Gasteiger partial charge in [0.25, 0.3) is 0 Å². The van der Waals surface area contributed by atoms with Crippen molar-refractivity contribution in [3.05, 3.63) is 47.8 Å². The lowest BCUT2D eigenvalue weighted by Gasteiger charge is -2.34. The SMILES string of the molecule is COC(=O)N1CCN(Cc2cccc(NC(=O)Nc3ccc(C)nc3)c2OS(=O)(=O)C(F)(F)F)CC1. The van der Waals surface area contributed by atoms with Crippen LogP contribution in [0.4, 0.5) is 34.1 Å². The lowest BCUT2D eigenvalue weighted by atomic mass is 10.1. The molecule has 0 atom stereocenters. The van der Waals surface area contributed by atoms with Gasteiger partial charge in [-0.25, -0.2) is 9.59 Å². The number of nitrogens with one attached hydrogen (secondary N) is 2. The van der Waals surface area contributed by atoms with Crippen LogP contribution in [-0.4, -0.2) is 74.1 Å². The van der Waals surface area contributed by atoms with Crippen molar-refractivity contribution in [2.75, 3.05) is 43.9 Å². The zero-order valence-corrected chi connectivity index (χ0v) is 20.1. The fourth-order valence-corrected chi connectivity index (χ4v) is 3.86. The van der Waals surface area contributed by atoms with Crippen molar-refractivity contribution in [1.29, 1.82) is 0 Å². The molecule has 1 aliphatic heterocycles. The van der Waals surface area contributed by atoms with Gasteiger partial charge in [0.05, 0.1) is 24.7 Å². The Morgan fingerprint density at radius 2 is 1.78 bits per heavy atom. The van der Waals surface area contributed by atoms with E-state index in [2.05, 4.69) is 24.5 Å². The first-order chi connectivity index (χ1) is 16.9. The highest BCUT2D eigenvalue weighted by Gasteiger charge is 2.49. The minimum Gasteiger partial charge on any atom is -0.453 e. The Bertz CT molecular complexity index is 1200. The number of alkyl halides is 3. The van der Waals surface area contributed by atoms with Crippen LogP contribution in [0.15, 0.2) is 36.5 Å². The number of halogens is 3. The van der Waals surface area contributed by atoms with Gasteiger partial charge in [-0.2, -0.15) is 21.6 Å². The fraction of sp³-hybridized carbons (Fsp3) is 0.381. The Morgan fingerprint density at radius 3 is 2.36 bits per heavy atom. The van der Waals surface area contributed by atoms with E-state index in [0.717, 1.165) is 0 Å². The van der Waals surface area contributed by atoms with Gasteiger partial charge in [0, 0.05) is 44.0 Å². The van der Waals surface area contributed by atoms with Crippen molar-refractivity contribution >= 4 is 33.6 Å². The second-order valence-corrected chi connectivity index (χ2v) is 9.32. The van der Waals surface area contributed by atoms with Crippen LogP contribution < -0.4 is 14.8 Å². The molecule has 36 heavy (non-hydrogen) atoms. The van der Waals surface area contributed by atoms with E-state index < -0.39 is 33.5 Å². The number of rotatable bonds is 6. The summed E-state index contributed by atoms with van der Waals surface area (Å²) in [5.74, 6) is -0.664. The molecule has 1 aliphatic rings. The third-order valence-corrected chi connectivity index (χ3v) is 6.14. The van der Waals surface area contributed by atoms with Crippen molar-refractivity contribution in [1.82, 2.24) is 14.8 Å². The molecule has 1 aromatic carbocycles. The number of urea groups is 1. The Morgan fingerprint density at radius 1 is 1.08 bits per heavy atom.